The van der Waals surface area contributed by atoms with E-state index in [-0.39, 0.29) is 25.2 Å². The highest BCUT2D eigenvalue weighted by molar-refractivity contribution is 5.66. The van der Waals surface area contributed by atoms with Crippen molar-refractivity contribution in [1.82, 2.24) is 0 Å². The number of carbonyl (C=O) groups is 2. The van der Waals surface area contributed by atoms with Gasteiger partial charge in [-0.15, -0.1) is 0 Å². The Morgan fingerprint density at radius 3 is 1.85 bits per heavy atom. The van der Waals surface area contributed by atoms with Crippen LogP contribution in [0.5, 0.6) is 0 Å². The molecule has 0 aromatic carbocycles. The molecule has 13 heavy (non-hydrogen) atoms. The van der Waals surface area contributed by atoms with E-state index in [1.54, 1.807) is 0 Å². The first kappa shape index (κ1) is 9.98. The molecule has 0 bridgehead atoms. The fourth-order valence-corrected chi connectivity index (χ4v) is 0.777. The van der Waals surface area contributed by atoms with Gasteiger partial charge in [-0.1, -0.05) is 0 Å². The molecule has 1 heterocycles. The van der Waals surface area contributed by atoms with Gasteiger partial charge in [-0.05, 0) is 0 Å². The number of epoxide rings is 1. The van der Waals surface area contributed by atoms with E-state index in [4.69, 9.17) is 14.2 Å². The van der Waals surface area contributed by atoms with Gasteiger partial charge in [0.25, 0.3) is 0 Å². The van der Waals surface area contributed by atoms with Crippen molar-refractivity contribution >= 4 is 11.9 Å². The minimum absolute atomic E-state index is 0.148. The molecule has 1 aliphatic heterocycles. The Morgan fingerprint density at radius 1 is 1.23 bits per heavy atom. The first-order valence-corrected chi connectivity index (χ1v) is 3.95. The third-order valence-electron chi connectivity index (χ3n) is 1.63. The molecule has 0 aromatic heterocycles. The Labute approximate surface area is 76.0 Å². The topological polar surface area (TPSA) is 65.1 Å². The molecular formula is C8H12O5. The zero-order valence-corrected chi connectivity index (χ0v) is 7.66. The number of carbonyl (C=O) groups excluding carboxylic acids is 2. The van der Waals surface area contributed by atoms with Crippen LogP contribution in [0.3, 0.4) is 0 Å². The van der Waals surface area contributed by atoms with Gasteiger partial charge in [-0.3, -0.25) is 9.59 Å². The van der Waals surface area contributed by atoms with Crippen molar-refractivity contribution in [2.24, 2.45) is 0 Å². The molecule has 1 saturated heterocycles. The highest BCUT2D eigenvalue weighted by atomic mass is 16.7. The maximum atomic E-state index is 10.5. The number of hydrogen-bond donors (Lipinski definition) is 0. The van der Waals surface area contributed by atoms with E-state index in [0.29, 0.717) is 6.61 Å². The maximum absolute atomic E-state index is 10.5. The second-order valence-corrected chi connectivity index (χ2v) is 3.03. The van der Waals surface area contributed by atoms with E-state index < -0.39 is 5.60 Å². The second kappa shape index (κ2) is 3.74. The maximum Gasteiger partial charge on any atom is 0.302 e. The van der Waals surface area contributed by atoms with E-state index in [2.05, 4.69) is 0 Å². The van der Waals surface area contributed by atoms with Crippen molar-refractivity contribution in [3.05, 3.63) is 0 Å². The van der Waals surface area contributed by atoms with Gasteiger partial charge < -0.3 is 14.2 Å². The predicted molar refractivity (Wildman–Crippen MR) is 41.9 cm³/mol. The van der Waals surface area contributed by atoms with Crippen LogP contribution < -0.4 is 0 Å². The molecule has 74 valence electrons. The minimum Gasteiger partial charge on any atom is -0.463 e. The molecule has 0 spiro atoms. The van der Waals surface area contributed by atoms with Crippen molar-refractivity contribution in [2.45, 2.75) is 19.4 Å². The summed E-state index contributed by atoms with van der Waals surface area (Å²) in [4.78, 5) is 20.9. The van der Waals surface area contributed by atoms with Gasteiger partial charge in [0.15, 0.2) is 5.60 Å². The largest absolute Gasteiger partial charge is 0.463 e. The van der Waals surface area contributed by atoms with Crippen LogP contribution in [0.1, 0.15) is 13.8 Å². The molecule has 0 N–H and O–H groups in total. The van der Waals surface area contributed by atoms with Gasteiger partial charge in [0, 0.05) is 13.8 Å². The van der Waals surface area contributed by atoms with Gasteiger partial charge in [0.2, 0.25) is 0 Å². The van der Waals surface area contributed by atoms with E-state index in [1.165, 1.54) is 13.8 Å². The van der Waals surface area contributed by atoms with Crippen LogP contribution in [-0.4, -0.2) is 37.4 Å². The summed E-state index contributed by atoms with van der Waals surface area (Å²) in [5, 5.41) is 0. The zero-order valence-electron chi connectivity index (χ0n) is 7.66. The summed E-state index contributed by atoms with van der Waals surface area (Å²) in [6.45, 7) is 3.41. The van der Waals surface area contributed by atoms with Crippen LogP contribution in [0, 0.1) is 0 Å². The molecule has 0 radical (unpaired) electrons. The molecule has 0 unspecified atom stereocenters. The second-order valence-electron chi connectivity index (χ2n) is 3.03. The third kappa shape index (κ3) is 3.42. The quantitative estimate of drug-likeness (QED) is 0.454. The lowest BCUT2D eigenvalue weighted by molar-refractivity contribution is -0.147. The summed E-state index contributed by atoms with van der Waals surface area (Å²) in [5.74, 6) is -0.726. The Balaban J connectivity index is 2.22. The van der Waals surface area contributed by atoms with Crippen LogP contribution in [0.4, 0.5) is 0 Å². The standard InChI is InChI=1S/C8H12O5/c1-6(9)11-3-8(5-13-8)4-12-7(2)10/h3-5H2,1-2H3. The summed E-state index contributed by atoms with van der Waals surface area (Å²) >= 11 is 0. The number of ether oxygens (including phenoxy) is 3. The number of hydrogen-bond acceptors (Lipinski definition) is 5. The molecule has 0 atom stereocenters. The van der Waals surface area contributed by atoms with E-state index in [0.717, 1.165) is 0 Å². The van der Waals surface area contributed by atoms with E-state index in [1.807, 2.05) is 0 Å². The SMILES string of the molecule is CC(=O)OCC1(COC(C)=O)CO1. The van der Waals surface area contributed by atoms with Gasteiger partial charge in [-0.25, -0.2) is 0 Å². The molecule has 5 nitrogen and oxygen atoms in total. The molecule has 1 fully saturated rings. The molecule has 5 heteroatoms. The van der Waals surface area contributed by atoms with E-state index in [9.17, 15) is 9.59 Å². The first-order valence-electron chi connectivity index (χ1n) is 3.95. The molecule has 0 aliphatic carbocycles. The smallest absolute Gasteiger partial charge is 0.302 e. The van der Waals surface area contributed by atoms with Crippen molar-refractivity contribution < 1.29 is 23.8 Å². The van der Waals surface area contributed by atoms with Crippen LogP contribution >= 0.6 is 0 Å². The zero-order chi connectivity index (χ0) is 9.90. The lowest BCUT2D eigenvalue weighted by Crippen LogP contribution is -2.28. The fourth-order valence-electron chi connectivity index (χ4n) is 0.777. The highest BCUT2D eigenvalue weighted by Gasteiger charge is 2.47. The monoisotopic (exact) mass is 188 g/mol. The average molecular weight is 188 g/mol. The molecule has 0 saturated carbocycles. The lowest BCUT2D eigenvalue weighted by Gasteiger charge is -2.10. The average Bonchev–Trinajstić information content (AvgIpc) is 2.78. The molecule has 1 rings (SSSR count). The normalized spacial score (nSPS) is 17.7. The van der Waals surface area contributed by atoms with Crippen molar-refractivity contribution in [1.29, 1.82) is 0 Å². The first-order chi connectivity index (χ1) is 6.04. The van der Waals surface area contributed by atoms with Crippen molar-refractivity contribution in [3.8, 4) is 0 Å². The van der Waals surface area contributed by atoms with Crippen molar-refractivity contribution in [3.63, 3.8) is 0 Å². The van der Waals surface area contributed by atoms with Gasteiger partial charge in [0.05, 0.1) is 6.61 Å². The van der Waals surface area contributed by atoms with Crippen molar-refractivity contribution in [2.75, 3.05) is 19.8 Å². The molecule has 0 amide bonds. The summed E-state index contributed by atoms with van der Waals surface area (Å²) in [6, 6.07) is 0. The Bertz CT molecular complexity index is 199. The predicted octanol–water partition coefficient (Wildman–Crippen LogP) is -0.118. The van der Waals surface area contributed by atoms with Gasteiger partial charge in [-0.2, -0.15) is 0 Å². The lowest BCUT2D eigenvalue weighted by atomic mass is 10.2. The minimum atomic E-state index is -0.572. The Hall–Kier alpha value is -1.10. The van der Waals surface area contributed by atoms with Crippen LogP contribution in [0.25, 0.3) is 0 Å². The Morgan fingerprint density at radius 2 is 1.62 bits per heavy atom. The van der Waals surface area contributed by atoms with Gasteiger partial charge >= 0.3 is 11.9 Å². The van der Waals surface area contributed by atoms with Crippen LogP contribution in [-0.2, 0) is 23.8 Å². The van der Waals surface area contributed by atoms with Crippen LogP contribution in [0.2, 0.25) is 0 Å². The highest BCUT2D eigenvalue weighted by Crippen LogP contribution is 2.27. The van der Waals surface area contributed by atoms with E-state index >= 15 is 0 Å². The molecule has 0 aromatic rings. The van der Waals surface area contributed by atoms with Gasteiger partial charge in [0.1, 0.15) is 13.2 Å². The van der Waals surface area contributed by atoms with Crippen LogP contribution in [0.15, 0.2) is 0 Å². The third-order valence-corrected chi connectivity index (χ3v) is 1.63. The molecular weight excluding hydrogens is 176 g/mol. The molecule has 1 aliphatic rings. The number of rotatable bonds is 4. The summed E-state index contributed by atoms with van der Waals surface area (Å²) in [7, 11) is 0. The fraction of sp³-hybridized carbons (Fsp3) is 0.750. The summed E-state index contributed by atoms with van der Waals surface area (Å²) in [5.41, 5.74) is -0.572. The Kier molecular flexibility index (Phi) is 2.87. The summed E-state index contributed by atoms with van der Waals surface area (Å²) < 4.78 is 14.5. The number of esters is 2. The summed E-state index contributed by atoms with van der Waals surface area (Å²) in [6.07, 6.45) is 0.